The minimum atomic E-state index is 0.649. The van der Waals surface area contributed by atoms with Crippen LogP contribution in [0.2, 0.25) is 0 Å². The van der Waals surface area contributed by atoms with E-state index in [9.17, 15) is 0 Å². The zero-order chi connectivity index (χ0) is 20.4. The standard InChI is InChI=1S/C24H20N6/c1-3-11-19(12-4-1)23(29-27-21-15-7-9-17-25-21)24(20-13-5-2-6-14-20)30-28-22-16-8-10-18-26-22/h1-18H,(H,25,27)(H,26,28)/b29-23-,30-24+. The highest BCUT2D eigenvalue weighted by Crippen LogP contribution is 2.12. The van der Waals surface area contributed by atoms with Gasteiger partial charge in [-0.25, -0.2) is 9.97 Å². The van der Waals surface area contributed by atoms with Crippen LogP contribution < -0.4 is 10.9 Å². The first-order valence-corrected chi connectivity index (χ1v) is 9.51. The Morgan fingerprint density at radius 3 is 1.27 bits per heavy atom. The molecule has 0 aliphatic rings. The third-order valence-electron chi connectivity index (χ3n) is 4.21. The third kappa shape index (κ3) is 4.94. The van der Waals surface area contributed by atoms with Crippen LogP contribution in [0.4, 0.5) is 11.6 Å². The third-order valence-corrected chi connectivity index (χ3v) is 4.21. The Kier molecular flexibility index (Phi) is 6.18. The first-order chi connectivity index (χ1) is 14.9. The SMILES string of the molecule is c1ccc(C(=N/Nc2ccccn2)/C(=N/Nc2ccccn2)c2ccccc2)cc1. The van der Waals surface area contributed by atoms with E-state index >= 15 is 0 Å². The predicted molar refractivity (Wildman–Crippen MR) is 122 cm³/mol. The van der Waals surface area contributed by atoms with Crippen molar-refractivity contribution in [2.24, 2.45) is 10.2 Å². The molecule has 146 valence electrons. The fourth-order valence-corrected chi connectivity index (χ4v) is 2.78. The summed E-state index contributed by atoms with van der Waals surface area (Å²) in [5, 5.41) is 9.33. The van der Waals surface area contributed by atoms with Gasteiger partial charge >= 0.3 is 0 Å². The molecule has 2 heterocycles. The topological polar surface area (TPSA) is 74.6 Å². The van der Waals surface area contributed by atoms with Gasteiger partial charge in [0.05, 0.1) is 0 Å². The number of nitrogens with zero attached hydrogens (tertiary/aromatic N) is 4. The maximum absolute atomic E-state index is 4.67. The van der Waals surface area contributed by atoms with Crippen LogP contribution in [0, 0.1) is 0 Å². The molecule has 2 N–H and O–H groups in total. The molecule has 2 aromatic carbocycles. The number of hydrazone groups is 2. The highest BCUT2D eigenvalue weighted by atomic mass is 15.3. The lowest BCUT2D eigenvalue weighted by Gasteiger charge is -2.12. The molecule has 0 aliphatic heterocycles. The number of hydrogen-bond acceptors (Lipinski definition) is 6. The van der Waals surface area contributed by atoms with E-state index < -0.39 is 0 Å². The normalized spacial score (nSPS) is 11.7. The van der Waals surface area contributed by atoms with Crippen LogP contribution >= 0.6 is 0 Å². The lowest BCUT2D eigenvalue weighted by atomic mass is 10.00. The largest absolute Gasteiger partial charge is 0.261 e. The van der Waals surface area contributed by atoms with E-state index in [4.69, 9.17) is 0 Å². The number of anilines is 2. The van der Waals surface area contributed by atoms with Crippen LogP contribution in [-0.4, -0.2) is 21.4 Å². The smallest absolute Gasteiger partial charge is 0.146 e. The van der Waals surface area contributed by atoms with Gasteiger partial charge in [0.25, 0.3) is 0 Å². The molecule has 2 aromatic heterocycles. The Hall–Kier alpha value is -4.32. The quantitative estimate of drug-likeness (QED) is 0.350. The van der Waals surface area contributed by atoms with Gasteiger partial charge in [0.2, 0.25) is 0 Å². The van der Waals surface area contributed by atoms with Gasteiger partial charge in [-0.15, -0.1) is 0 Å². The van der Waals surface area contributed by atoms with Gasteiger partial charge in [-0.3, -0.25) is 10.9 Å². The molecule has 6 heteroatoms. The maximum Gasteiger partial charge on any atom is 0.146 e. The van der Waals surface area contributed by atoms with Gasteiger partial charge in [0, 0.05) is 23.5 Å². The molecule has 4 aromatic rings. The number of benzene rings is 2. The van der Waals surface area contributed by atoms with E-state index in [1.165, 1.54) is 0 Å². The number of hydrogen-bond donors (Lipinski definition) is 2. The lowest BCUT2D eigenvalue weighted by molar-refractivity contribution is 1.21. The Bertz CT molecular complexity index is 1020. The van der Waals surface area contributed by atoms with Crippen LogP contribution in [0.3, 0.4) is 0 Å². The van der Waals surface area contributed by atoms with Gasteiger partial charge in [-0.05, 0) is 24.3 Å². The van der Waals surface area contributed by atoms with Crippen molar-refractivity contribution in [2.75, 3.05) is 10.9 Å². The Morgan fingerprint density at radius 2 is 0.900 bits per heavy atom. The number of aromatic nitrogens is 2. The summed E-state index contributed by atoms with van der Waals surface area (Å²) in [6.07, 6.45) is 3.43. The number of nitrogens with one attached hydrogen (secondary N) is 2. The molecule has 0 saturated heterocycles. The second kappa shape index (κ2) is 9.75. The predicted octanol–water partition coefficient (Wildman–Crippen LogP) is 4.81. The molecular weight excluding hydrogens is 372 g/mol. The molecule has 6 nitrogen and oxygen atoms in total. The monoisotopic (exact) mass is 392 g/mol. The van der Waals surface area contributed by atoms with Crippen molar-refractivity contribution in [3.05, 3.63) is 121 Å². The van der Waals surface area contributed by atoms with E-state index in [2.05, 4.69) is 31.0 Å². The van der Waals surface area contributed by atoms with Crippen LogP contribution in [0.5, 0.6) is 0 Å². The number of pyridine rings is 2. The van der Waals surface area contributed by atoms with E-state index in [0.717, 1.165) is 11.1 Å². The molecular formula is C24H20N6. The minimum Gasteiger partial charge on any atom is -0.261 e. The zero-order valence-corrected chi connectivity index (χ0v) is 16.2. The van der Waals surface area contributed by atoms with Crippen molar-refractivity contribution >= 4 is 23.1 Å². The van der Waals surface area contributed by atoms with E-state index in [1.807, 2.05) is 97.1 Å². The van der Waals surface area contributed by atoms with Crippen LogP contribution in [0.25, 0.3) is 0 Å². The molecule has 0 amide bonds. The van der Waals surface area contributed by atoms with Gasteiger partial charge < -0.3 is 0 Å². The molecule has 0 bridgehead atoms. The highest BCUT2D eigenvalue weighted by molar-refractivity contribution is 6.53. The van der Waals surface area contributed by atoms with Gasteiger partial charge in [0.1, 0.15) is 23.1 Å². The van der Waals surface area contributed by atoms with E-state index in [1.54, 1.807) is 12.4 Å². The summed E-state index contributed by atoms with van der Waals surface area (Å²) in [5.41, 5.74) is 9.29. The summed E-state index contributed by atoms with van der Waals surface area (Å²) >= 11 is 0. The molecule has 0 spiro atoms. The van der Waals surface area contributed by atoms with Gasteiger partial charge in [-0.2, -0.15) is 10.2 Å². The van der Waals surface area contributed by atoms with Crippen molar-refractivity contribution < 1.29 is 0 Å². The second-order valence-electron chi connectivity index (χ2n) is 6.31. The second-order valence-corrected chi connectivity index (χ2v) is 6.31. The van der Waals surface area contributed by atoms with Crippen molar-refractivity contribution in [1.82, 2.24) is 9.97 Å². The molecule has 0 saturated carbocycles. The Morgan fingerprint density at radius 1 is 0.500 bits per heavy atom. The molecule has 0 unspecified atom stereocenters. The van der Waals surface area contributed by atoms with Crippen molar-refractivity contribution in [3.63, 3.8) is 0 Å². The van der Waals surface area contributed by atoms with Gasteiger partial charge in [-0.1, -0.05) is 72.8 Å². The van der Waals surface area contributed by atoms with Crippen LogP contribution in [0.1, 0.15) is 11.1 Å². The molecule has 0 aliphatic carbocycles. The molecule has 0 atom stereocenters. The lowest BCUT2D eigenvalue weighted by Crippen LogP contribution is -2.20. The minimum absolute atomic E-state index is 0.649. The summed E-state index contributed by atoms with van der Waals surface area (Å²) in [7, 11) is 0. The summed E-state index contributed by atoms with van der Waals surface area (Å²) in [6.45, 7) is 0. The number of rotatable bonds is 7. The summed E-state index contributed by atoms with van der Waals surface area (Å²) < 4.78 is 0. The van der Waals surface area contributed by atoms with Crippen LogP contribution in [-0.2, 0) is 0 Å². The summed E-state index contributed by atoms with van der Waals surface area (Å²) in [5.74, 6) is 1.30. The van der Waals surface area contributed by atoms with Crippen LogP contribution in [0.15, 0.2) is 120 Å². The Balaban J connectivity index is 1.78. The first kappa shape index (κ1) is 19.0. The average molecular weight is 392 g/mol. The fraction of sp³-hybridized carbons (Fsp3) is 0. The molecule has 0 fully saturated rings. The first-order valence-electron chi connectivity index (χ1n) is 9.51. The van der Waals surface area contributed by atoms with Gasteiger partial charge in [0.15, 0.2) is 0 Å². The maximum atomic E-state index is 4.67. The van der Waals surface area contributed by atoms with E-state index in [-0.39, 0.29) is 0 Å². The molecule has 0 radical (unpaired) electrons. The summed E-state index contributed by atoms with van der Waals surface area (Å²) in [6, 6.07) is 31.1. The molecule has 4 rings (SSSR count). The zero-order valence-electron chi connectivity index (χ0n) is 16.2. The van der Waals surface area contributed by atoms with Crippen molar-refractivity contribution in [1.29, 1.82) is 0 Å². The Labute approximate surface area is 175 Å². The van der Waals surface area contributed by atoms with Crippen molar-refractivity contribution in [2.45, 2.75) is 0 Å². The average Bonchev–Trinajstić information content (AvgIpc) is 2.83. The van der Waals surface area contributed by atoms with E-state index in [0.29, 0.717) is 23.1 Å². The fourth-order valence-electron chi connectivity index (χ4n) is 2.78. The summed E-state index contributed by atoms with van der Waals surface area (Å²) in [4.78, 5) is 8.57. The molecule has 30 heavy (non-hydrogen) atoms. The van der Waals surface area contributed by atoms with Crippen molar-refractivity contribution in [3.8, 4) is 0 Å². The highest BCUT2D eigenvalue weighted by Gasteiger charge is 2.15.